The molecule has 0 aliphatic rings. The molecule has 0 aliphatic heterocycles. The van der Waals surface area contributed by atoms with E-state index in [0.29, 0.717) is 16.9 Å². The number of carbonyl (C=O) groups is 3. The van der Waals surface area contributed by atoms with Crippen LogP contribution in [-0.2, 0) is 9.59 Å². The number of anilines is 2. The Morgan fingerprint density at radius 2 is 1.60 bits per heavy atom. The SMILES string of the molecule is O=C(CSc1cccc(NC(=O)/C(=C\c2c(F)cccc2Cl)NC(=O)c2ccccc2)c1)Nc1ccccc1Br. The van der Waals surface area contributed by atoms with Gasteiger partial charge in [0, 0.05) is 26.2 Å². The minimum absolute atomic E-state index is 0.0388. The fourth-order valence-electron chi connectivity index (χ4n) is 3.50. The van der Waals surface area contributed by atoms with Crippen molar-refractivity contribution in [2.75, 3.05) is 16.4 Å². The Balaban J connectivity index is 1.49. The number of rotatable bonds is 9. The first-order chi connectivity index (χ1) is 19.3. The first-order valence-electron chi connectivity index (χ1n) is 11.9. The molecule has 0 heterocycles. The third-order valence-corrected chi connectivity index (χ3v) is 7.44. The minimum atomic E-state index is -0.683. The van der Waals surface area contributed by atoms with Crippen LogP contribution in [0.1, 0.15) is 15.9 Å². The van der Waals surface area contributed by atoms with Crippen LogP contribution in [0.5, 0.6) is 0 Å². The Morgan fingerprint density at radius 1 is 0.875 bits per heavy atom. The number of thioether (sulfide) groups is 1. The van der Waals surface area contributed by atoms with Crippen molar-refractivity contribution >= 4 is 74.5 Å². The standard InChI is InChI=1S/C30H22BrClFN3O3S/c31-23-12-4-5-15-26(23)35-28(37)18-40-21-11-6-10-20(16-21)34-30(39)27(17-22-24(32)13-7-14-25(22)33)36-29(38)19-8-2-1-3-9-19/h1-17H,18H2,(H,34,39)(H,35,37)(H,36,38)/b27-17+. The summed E-state index contributed by atoms with van der Waals surface area (Å²) in [5, 5.41) is 8.21. The molecule has 0 fully saturated rings. The van der Waals surface area contributed by atoms with E-state index in [4.69, 9.17) is 11.6 Å². The summed E-state index contributed by atoms with van der Waals surface area (Å²) >= 11 is 10.9. The van der Waals surface area contributed by atoms with Gasteiger partial charge in [-0.15, -0.1) is 11.8 Å². The molecule has 0 bridgehead atoms. The van der Waals surface area contributed by atoms with Crippen molar-refractivity contribution in [3.63, 3.8) is 0 Å². The third kappa shape index (κ3) is 8.05. The van der Waals surface area contributed by atoms with Gasteiger partial charge in [-0.1, -0.05) is 54.1 Å². The Morgan fingerprint density at radius 3 is 2.35 bits per heavy atom. The van der Waals surface area contributed by atoms with Crippen LogP contribution in [0.4, 0.5) is 15.8 Å². The maximum Gasteiger partial charge on any atom is 0.272 e. The highest BCUT2D eigenvalue weighted by Crippen LogP contribution is 2.25. The fourth-order valence-corrected chi connectivity index (χ4v) is 4.85. The minimum Gasteiger partial charge on any atom is -0.324 e. The smallest absolute Gasteiger partial charge is 0.272 e. The number of para-hydroxylation sites is 1. The molecule has 4 rings (SSSR count). The summed E-state index contributed by atoms with van der Waals surface area (Å²) in [6, 6.07) is 26.6. The average molecular weight is 639 g/mol. The van der Waals surface area contributed by atoms with E-state index in [1.54, 1.807) is 60.7 Å². The lowest BCUT2D eigenvalue weighted by atomic mass is 10.1. The maximum atomic E-state index is 14.5. The van der Waals surface area contributed by atoms with Gasteiger partial charge in [-0.05, 0) is 76.6 Å². The summed E-state index contributed by atoms with van der Waals surface area (Å²) in [7, 11) is 0. The van der Waals surface area contributed by atoms with Crippen molar-refractivity contribution in [2.24, 2.45) is 0 Å². The van der Waals surface area contributed by atoms with Crippen molar-refractivity contribution in [3.8, 4) is 0 Å². The van der Waals surface area contributed by atoms with Gasteiger partial charge in [-0.2, -0.15) is 0 Å². The van der Waals surface area contributed by atoms with E-state index in [1.807, 2.05) is 18.2 Å². The van der Waals surface area contributed by atoms with Crippen LogP contribution >= 0.6 is 39.3 Å². The van der Waals surface area contributed by atoms with Crippen molar-refractivity contribution < 1.29 is 18.8 Å². The highest BCUT2D eigenvalue weighted by Gasteiger charge is 2.17. The number of hydrogen-bond acceptors (Lipinski definition) is 4. The molecule has 202 valence electrons. The Kier molecular flexibility index (Phi) is 10.1. The molecule has 0 aromatic heterocycles. The summed E-state index contributed by atoms with van der Waals surface area (Å²) in [6.45, 7) is 0. The number of nitrogens with one attached hydrogen (secondary N) is 3. The summed E-state index contributed by atoms with van der Waals surface area (Å²) in [5.74, 6) is -1.93. The molecule has 40 heavy (non-hydrogen) atoms. The first kappa shape index (κ1) is 29.1. The van der Waals surface area contributed by atoms with E-state index in [0.717, 1.165) is 9.37 Å². The molecule has 0 saturated heterocycles. The fraction of sp³-hybridized carbons (Fsp3) is 0.0333. The van der Waals surface area contributed by atoms with E-state index in [9.17, 15) is 18.8 Å². The maximum absolute atomic E-state index is 14.5. The Hall–Kier alpha value is -3.92. The van der Waals surface area contributed by atoms with E-state index >= 15 is 0 Å². The van der Waals surface area contributed by atoms with Crippen molar-refractivity contribution in [3.05, 3.63) is 129 Å². The summed E-state index contributed by atoms with van der Waals surface area (Å²) in [4.78, 5) is 39.3. The van der Waals surface area contributed by atoms with Gasteiger partial charge < -0.3 is 16.0 Å². The van der Waals surface area contributed by atoms with Crippen molar-refractivity contribution in [1.29, 1.82) is 0 Å². The molecule has 3 N–H and O–H groups in total. The molecule has 0 radical (unpaired) electrons. The highest BCUT2D eigenvalue weighted by molar-refractivity contribution is 9.10. The second-order valence-electron chi connectivity index (χ2n) is 8.31. The lowest BCUT2D eigenvalue weighted by molar-refractivity contribution is -0.114. The first-order valence-corrected chi connectivity index (χ1v) is 14.1. The van der Waals surface area contributed by atoms with Crippen molar-refractivity contribution in [1.82, 2.24) is 5.32 Å². The molecular formula is C30H22BrClFN3O3S. The lowest BCUT2D eigenvalue weighted by Crippen LogP contribution is -2.30. The summed E-state index contributed by atoms with van der Waals surface area (Å²) in [6.07, 6.45) is 1.19. The van der Waals surface area contributed by atoms with E-state index in [2.05, 4.69) is 31.9 Å². The number of carbonyl (C=O) groups excluding carboxylic acids is 3. The second-order valence-corrected chi connectivity index (χ2v) is 10.6. The third-order valence-electron chi connectivity index (χ3n) is 5.43. The van der Waals surface area contributed by atoms with Crippen molar-refractivity contribution in [2.45, 2.75) is 4.90 Å². The van der Waals surface area contributed by atoms with Gasteiger partial charge in [0.1, 0.15) is 11.5 Å². The molecule has 4 aromatic carbocycles. The van der Waals surface area contributed by atoms with Crippen LogP contribution in [0.15, 0.2) is 112 Å². The zero-order valence-corrected chi connectivity index (χ0v) is 23.9. The number of halogens is 3. The van der Waals surface area contributed by atoms with E-state index in [-0.39, 0.29) is 27.9 Å². The van der Waals surface area contributed by atoms with Gasteiger partial charge in [0.15, 0.2) is 0 Å². The topological polar surface area (TPSA) is 87.3 Å². The van der Waals surface area contributed by atoms with Crippen LogP contribution in [0.3, 0.4) is 0 Å². The van der Waals surface area contributed by atoms with Gasteiger partial charge in [0.25, 0.3) is 11.8 Å². The van der Waals surface area contributed by atoms with Crippen LogP contribution in [0.25, 0.3) is 6.08 Å². The molecule has 0 atom stereocenters. The highest BCUT2D eigenvalue weighted by atomic mass is 79.9. The molecule has 6 nitrogen and oxygen atoms in total. The molecular weight excluding hydrogens is 617 g/mol. The van der Waals surface area contributed by atoms with Crippen LogP contribution in [-0.4, -0.2) is 23.5 Å². The predicted octanol–water partition coefficient (Wildman–Crippen LogP) is 7.38. The van der Waals surface area contributed by atoms with Gasteiger partial charge in [0.05, 0.1) is 16.5 Å². The summed E-state index contributed by atoms with van der Waals surface area (Å²) < 4.78 is 15.3. The molecule has 10 heteroatoms. The number of amides is 3. The predicted molar refractivity (Wildman–Crippen MR) is 162 cm³/mol. The zero-order valence-electron chi connectivity index (χ0n) is 20.8. The van der Waals surface area contributed by atoms with Gasteiger partial charge in [-0.25, -0.2) is 4.39 Å². The van der Waals surface area contributed by atoms with E-state index < -0.39 is 17.6 Å². The van der Waals surface area contributed by atoms with Gasteiger partial charge >= 0.3 is 0 Å². The Bertz CT molecular complexity index is 1560. The van der Waals surface area contributed by atoms with Crippen LogP contribution < -0.4 is 16.0 Å². The van der Waals surface area contributed by atoms with Crippen LogP contribution in [0.2, 0.25) is 5.02 Å². The molecule has 0 aliphatic carbocycles. The monoisotopic (exact) mass is 637 g/mol. The lowest BCUT2D eigenvalue weighted by Gasteiger charge is -2.13. The number of benzene rings is 4. The number of hydrogen-bond donors (Lipinski definition) is 3. The quantitative estimate of drug-likeness (QED) is 0.132. The molecule has 4 aromatic rings. The Labute approximate surface area is 248 Å². The molecule has 0 spiro atoms. The van der Waals surface area contributed by atoms with Gasteiger partial charge in [0.2, 0.25) is 5.91 Å². The van der Waals surface area contributed by atoms with E-state index in [1.165, 1.54) is 36.0 Å². The molecule has 3 amide bonds. The summed E-state index contributed by atoms with van der Waals surface area (Å²) in [5.41, 5.74) is 1.16. The second kappa shape index (κ2) is 13.9. The molecule has 0 saturated carbocycles. The molecule has 0 unspecified atom stereocenters. The van der Waals surface area contributed by atoms with Crippen LogP contribution in [0, 0.1) is 5.82 Å². The zero-order chi connectivity index (χ0) is 28.5. The normalized spacial score (nSPS) is 11.0. The largest absolute Gasteiger partial charge is 0.324 e. The van der Waals surface area contributed by atoms with Gasteiger partial charge in [-0.3, -0.25) is 14.4 Å². The average Bonchev–Trinajstić information content (AvgIpc) is 2.95.